The van der Waals surface area contributed by atoms with Crippen LogP contribution in [0.5, 0.6) is 0 Å². The van der Waals surface area contributed by atoms with Crippen LogP contribution in [0.4, 0.5) is 27.6 Å². The van der Waals surface area contributed by atoms with E-state index in [1.165, 1.54) is 6.07 Å². The lowest BCUT2D eigenvalue weighted by molar-refractivity contribution is -0.137. The smallest absolute Gasteiger partial charge is 0.323 e. The van der Waals surface area contributed by atoms with Crippen molar-refractivity contribution in [2.24, 2.45) is 5.92 Å². The predicted molar refractivity (Wildman–Crippen MR) is 98.8 cm³/mol. The van der Waals surface area contributed by atoms with Gasteiger partial charge in [-0.3, -0.25) is 4.79 Å². The molecule has 1 N–H and O–H groups in total. The number of hydrogen-bond acceptors (Lipinski definition) is 1. The lowest BCUT2D eigenvalue weighted by Gasteiger charge is -2.29. The van der Waals surface area contributed by atoms with Crippen molar-refractivity contribution in [1.82, 2.24) is 0 Å². The number of carbonyl (C=O) groups is 1. The van der Waals surface area contributed by atoms with Gasteiger partial charge in [-0.25, -0.2) is 8.78 Å². The first-order valence-electron chi connectivity index (χ1n) is 8.77. The Morgan fingerprint density at radius 1 is 1.04 bits per heavy atom. The van der Waals surface area contributed by atoms with E-state index >= 15 is 0 Å². The molecule has 0 aliphatic heterocycles. The Bertz CT molecular complexity index is 883. The molecule has 2 aromatic carbocycles. The maximum atomic E-state index is 14.2. The topological polar surface area (TPSA) is 29.1 Å². The van der Waals surface area contributed by atoms with E-state index in [9.17, 15) is 26.7 Å². The third kappa shape index (κ3) is 4.71. The van der Waals surface area contributed by atoms with Crippen LogP contribution in [0.15, 0.2) is 40.9 Å². The fourth-order valence-corrected chi connectivity index (χ4v) is 3.90. The van der Waals surface area contributed by atoms with Crippen molar-refractivity contribution in [3.05, 3.63) is 63.6 Å². The zero-order valence-corrected chi connectivity index (χ0v) is 16.2. The largest absolute Gasteiger partial charge is 0.416 e. The molecule has 1 fully saturated rings. The Kier molecular flexibility index (Phi) is 6.07. The molecule has 0 bridgehead atoms. The molecule has 3 rings (SSSR count). The molecule has 0 aromatic heterocycles. The van der Waals surface area contributed by atoms with Crippen LogP contribution in [0.3, 0.4) is 0 Å². The third-order valence-electron chi connectivity index (χ3n) is 5.00. The third-order valence-corrected chi connectivity index (χ3v) is 5.49. The minimum absolute atomic E-state index is 0.143. The van der Waals surface area contributed by atoms with Gasteiger partial charge in [0, 0.05) is 10.4 Å². The van der Waals surface area contributed by atoms with E-state index in [0.29, 0.717) is 35.4 Å². The standard InChI is InChI=1S/C20H17BrF5NO/c21-14-5-6-15(16(22)10-14)11-2-1-3-12(8-11)19(28)27-18-7-4-13(9-17(18)23)20(24,25)26/h4-7,9-12H,1-3,8H2,(H,27,28). The molecule has 1 amide bonds. The minimum Gasteiger partial charge on any atom is -0.323 e. The number of rotatable bonds is 3. The first-order chi connectivity index (χ1) is 13.1. The highest BCUT2D eigenvalue weighted by molar-refractivity contribution is 9.10. The fraction of sp³-hybridized carbons (Fsp3) is 0.350. The molecule has 1 aliphatic carbocycles. The summed E-state index contributed by atoms with van der Waals surface area (Å²) in [5, 5.41) is 2.37. The summed E-state index contributed by atoms with van der Waals surface area (Å²) in [6, 6.07) is 6.77. The Morgan fingerprint density at radius 2 is 1.79 bits per heavy atom. The van der Waals surface area contributed by atoms with Gasteiger partial charge in [-0.1, -0.05) is 28.4 Å². The van der Waals surface area contributed by atoms with Crippen molar-refractivity contribution in [3.63, 3.8) is 0 Å². The van der Waals surface area contributed by atoms with Crippen molar-refractivity contribution in [2.45, 2.75) is 37.8 Å². The second-order valence-corrected chi connectivity index (χ2v) is 7.82. The molecule has 0 radical (unpaired) electrons. The average molecular weight is 462 g/mol. The molecule has 8 heteroatoms. The highest BCUT2D eigenvalue weighted by atomic mass is 79.9. The van der Waals surface area contributed by atoms with E-state index in [1.807, 2.05) is 0 Å². The summed E-state index contributed by atoms with van der Waals surface area (Å²) in [5.41, 5.74) is -0.886. The number of halogens is 6. The summed E-state index contributed by atoms with van der Waals surface area (Å²) in [6.45, 7) is 0. The van der Waals surface area contributed by atoms with Crippen LogP contribution in [0, 0.1) is 17.6 Å². The summed E-state index contributed by atoms with van der Waals surface area (Å²) in [4.78, 5) is 12.5. The number of amides is 1. The van der Waals surface area contributed by atoms with E-state index < -0.39 is 29.4 Å². The minimum atomic E-state index is -4.66. The van der Waals surface area contributed by atoms with Crippen molar-refractivity contribution in [1.29, 1.82) is 0 Å². The Hall–Kier alpha value is -1.96. The summed E-state index contributed by atoms with van der Waals surface area (Å²) in [7, 11) is 0. The maximum absolute atomic E-state index is 14.2. The number of alkyl halides is 3. The SMILES string of the molecule is O=C(Nc1ccc(C(F)(F)F)cc1F)C1CCCC(c2ccc(Br)cc2F)C1. The molecule has 150 valence electrons. The van der Waals surface area contributed by atoms with Gasteiger partial charge >= 0.3 is 6.18 Å². The van der Waals surface area contributed by atoms with Gasteiger partial charge < -0.3 is 5.32 Å². The summed E-state index contributed by atoms with van der Waals surface area (Å²) < 4.78 is 66.7. The number of anilines is 1. The number of carbonyl (C=O) groups excluding carboxylic acids is 1. The van der Waals surface area contributed by atoms with Crippen LogP contribution in [-0.4, -0.2) is 5.91 Å². The zero-order chi connectivity index (χ0) is 20.5. The molecule has 1 aliphatic rings. The lowest BCUT2D eigenvalue weighted by atomic mass is 9.77. The summed E-state index contributed by atoms with van der Waals surface area (Å²) >= 11 is 3.21. The second kappa shape index (κ2) is 8.19. The molecule has 28 heavy (non-hydrogen) atoms. The average Bonchev–Trinajstić information content (AvgIpc) is 2.62. The van der Waals surface area contributed by atoms with Crippen LogP contribution in [0.1, 0.15) is 42.7 Å². The van der Waals surface area contributed by atoms with Crippen LogP contribution in [-0.2, 0) is 11.0 Å². The first kappa shape index (κ1) is 20.8. The number of nitrogens with one attached hydrogen (secondary N) is 1. The van der Waals surface area contributed by atoms with Crippen LogP contribution < -0.4 is 5.32 Å². The molecule has 2 unspecified atom stereocenters. The quantitative estimate of drug-likeness (QED) is 0.508. The monoisotopic (exact) mass is 461 g/mol. The van der Waals surface area contributed by atoms with Gasteiger partial charge in [-0.15, -0.1) is 0 Å². The first-order valence-corrected chi connectivity index (χ1v) is 9.57. The van der Waals surface area contributed by atoms with Crippen molar-refractivity contribution in [3.8, 4) is 0 Å². The molecular formula is C20H17BrF5NO. The Morgan fingerprint density at radius 3 is 2.43 bits per heavy atom. The van der Waals surface area contributed by atoms with Gasteiger partial charge in [-0.05, 0) is 61.1 Å². The Labute approximate surface area is 167 Å². The second-order valence-electron chi connectivity index (χ2n) is 6.91. The van der Waals surface area contributed by atoms with E-state index in [0.717, 1.165) is 18.6 Å². The van der Waals surface area contributed by atoms with Gasteiger partial charge in [0.15, 0.2) is 0 Å². The number of benzene rings is 2. The van der Waals surface area contributed by atoms with Crippen LogP contribution >= 0.6 is 15.9 Å². The normalized spacial score (nSPS) is 20.1. The molecule has 0 spiro atoms. The molecule has 0 saturated heterocycles. The number of hydrogen-bond donors (Lipinski definition) is 1. The van der Waals surface area contributed by atoms with Gasteiger partial charge in [0.1, 0.15) is 11.6 Å². The van der Waals surface area contributed by atoms with E-state index in [1.54, 1.807) is 12.1 Å². The maximum Gasteiger partial charge on any atom is 0.416 e. The highest BCUT2D eigenvalue weighted by Gasteiger charge is 2.32. The zero-order valence-electron chi connectivity index (χ0n) is 14.6. The van der Waals surface area contributed by atoms with E-state index in [2.05, 4.69) is 21.2 Å². The van der Waals surface area contributed by atoms with Gasteiger partial charge in [0.05, 0.1) is 11.3 Å². The van der Waals surface area contributed by atoms with E-state index in [4.69, 9.17) is 0 Å². The van der Waals surface area contributed by atoms with Crippen LogP contribution in [0.25, 0.3) is 0 Å². The predicted octanol–water partition coefficient (Wildman–Crippen LogP) is 6.66. The van der Waals surface area contributed by atoms with Gasteiger partial charge in [-0.2, -0.15) is 13.2 Å². The molecular weight excluding hydrogens is 445 g/mol. The lowest BCUT2D eigenvalue weighted by Crippen LogP contribution is -2.28. The fourth-order valence-electron chi connectivity index (χ4n) is 3.57. The molecule has 2 atom stereocenters. The summed E-state index contributed by atoms with van der Waals surface area (Å²) in [6.07, 6.45) is -2.27. The molecule has 1 saturated carbocycles. The van der Waals surface area contributed by atoms with Crippen molar-refractivity contribution < 1.29 is 26.7 Å². The summed E-state index contributed by atoms with van der Waals surface area (Å²) in [5.74, 6) is -2.58. The Balaban J connectivity index is 1.71. The van der Waals surface area contributed by atoms with Gasteiger partial charge in [0.25, 0.3) is 0 Å². The van der Waals surface area contributed by atoms with Crippen molar-refractivity contribution >= 4 is 27.5 Å². The molecule has 2 nitrogen and oxygen atoms in total. The molecule has 2 aromatic rings. The van der Waals surface area contributed by atoms with E-state index in [-0.39, 0.29) is 17.4 Å². The van der Waals surface area contributed by atoms with Crippen molar-refractivity contribution in [2.75, 3.05) is 5.32 Å². The van der Waals surface area contributed by atoms with Crippen LogP contribution in [0.2, 0.25) is 0 Å². The highest BCUT2D eigenvalue weighted by Crippen LogP contribution is 2.38. The molecule has 0 heterocycles. The van der Waals surface area contributed by atoms with Gasteiger partial charge in [0.2, 0.25) is 5.91 Å².